The molecule has 2 N–H and O–H groups in total. The van der Waals surface area contributed by atoms with E-state index in [1.165, 1.54) is 6.20 Å². The van der Waals surface area contributed by atoms with E-state index in [1.807, 2.05) is 6.07 Å². The van der Waals surface area contributed by atoms with Crippen molar-refractivity contribution in [2.24, 2.45) is 0 Å². The Balaban J connectivity index is 1.75. The van der Waals surface area contributed by atoms with E-state index in [9.17, 15) is 5.11 Å². The Morgan fingerprint density at radius 3 is 2.65 bits per heavy atom. The standard InChI is InChI=1S/C14H13ClN2O3/c15-11-5-13-14(20-4-3-19-13)6-12(11)17-7-9-1-2-10(18)8-16-9/h1-2,5-6,8,17-18H,3-4,7H2. The van der Waals surface area contributed by atoms with Gasteiger partial charge in [-0.3, -0.25) is 4.98 Å². The number of nitrogens with zero attached hydrogens (tertiary/aromatic N) is 1. The van der Waals surface area contributed by atoms with E-state index in [2.05, 4.69) is 10.3 Å². The molecule has 6 heteroatoms. The molecule has 20 heavy (non-hydrogen) atoms. The van der Waals surface area contributed by atoms with Gasteiger partial charge in [0, 0.05) is 12.1 Å². The summed E-state index contributed by atoms with van der Waals surface area (Å²) in [6.07, 6.45) is 1.41. The van der Waals surface area contributed by atoms with Crippen molar-refractivity contribution in [3.8, 4) is 17.2 Å². The minimum Gasteiger partial charge on any atom is -0.506 e. The summed E-state index contributed by atoms with van der Waals surface area (Å²) < 4.78 is 11.0. The van der Waals surface area contributed by atoms with Crippen molar-refractivity contribution >= 4 is 17.3 Å². The summed E-state index contributed by atoms with van der Waals surface area (Å²) in [5.41, 5.74) is 1.56. The number of fused-ring (bicyclic) bond motifs is 1. The first kappa shape index (κ1) is 12.9. The third-order valence-corrected chi connectivity index (χ3v) is 3.21. The molecule has 2 aromatic rings. The lowest BCUT2D eigenvalue weighted by Crippen LogP contribution is -2.15. The van der Waals surface area contributed by atoms with E-state index in [-0.39, 0.29) is 5.75 Å². The molecule has 1 aromatic carbocycles. The van der Waals surface area contributed by atoms with Gasteiger partial charge >= 0.3 is 0 Å². The van der Waals surface area contributed by atoms with Gasteiger partial charge in [-0.2, -0.15) is 0 Å². The van der Waals surface area contributed by atoms with Gasteiger partial charge in [-0.25, -0.2) is 0 Å². The van der Waals surface area contributed by atoms with Crippen molar-refractivity contribution in [3.63, 3.8) is 0 Å². The normalized spacial score (nSPS) is 13.1. The van der Waals surface area contributed by atoms with Gasteiger partial charge in [0.25, 0.3) is 0 Å². The van der Waals surface area contributed by atoms with Crippen LogP contribution < -0.4 is 14.8 Å². The lowest BCUT2D eigenvalue weighted by molar-refractivity contribution is 0.171. The molecule has 0 radical (unpaired) electrons. The van der Waals surface area contributed by atoms with Crippen molar-refractivity contribution in [1.82, 2.24) is 4.98 Å². The Bertz CT molecular complexity index is 617. The first-order valence-electron chi connectivity index (χ1n) is 6.19. The molecular weight excluding hydrogens is 280 g/mol. The molecule has 0 saturated carbocycles. The van der Waals surface area contributed by atoms with Gasteiger partial charge in [-0.05, 0) is 12.1 Å². The quantitative estimate of drug-likeness (QED) is 0.911. The van der Waals surface area contributed by atoms with Crippen LogP contribution in [0.15, 0.2) is 30.5 Å². The van der Waals surface area contributed by atoms with Gasteiger partial charge < -0.3 is 19.9 Å². The topological polar surface area (TPSA) is 63.6 Å². The highest BCUT2D eigenvalue weighted by atomic mass is 35.5. The highest BCUT2D eigenvalue weighted by Crippen LogP contribution is 2.38. The van der Waals surface area contributed by atoms with Crippen molar-refractivity contribution in [2.45, 2.75) is 6.54 Å². The largest absolute Gasteiger partial charge is 0.506 e. The summed E-state index contributed by atoms with van der Waals surface area (Å²) in [6.45, 7) is 1.57. The van der Waals surface area contributed by atoms with Crippen LogP contribution in [0.25, 0.3) is 0 Å². The minimum atomic E-state index is 0.145. The molecule has 0 unspecified atom stereocenters. The molecular formula is C14H13ClN2O3. The van der Waals surface area contributed by atoms with Crippen molar-refractivity contribution in [3.05, 3.63) is 41.2 Å². The number of halogens is 1. The number of rotatable bonds is 3. The average molecular weight is 293 g/mol. The molecule has 0 atom stereocenters. The monoisotopic (exact) mass is 292 g/mol. The van der Waals surface area contributed by atoms with E-state index in [1.54, 1.807) is 18.2 Å². The molecule has 3 rings (SSSR count). The zero-order valence-corrected chi connectivity index (χ0v) is 11.4. The molecule has 0 bridgehead atoms. The summed E-state index contributed by atoms with van der Waals surface area (Å²) in [7, 11) is 0. The van der Waals surface area contributed by atoms with Gasteiger partial charge in [0.2, 0.25) is 0 Å². The number of hydrogen-bond acceptors (Lipinski definition) is 5. The molecule has 2 heterocycles. The summed E-state index contributed by atoms with van der Waals surface area (Å²) in [4.78, 5) is 4.10. The predicted molar refractivity (Wildman–Crippen MR) is 75.7 cm³/mol. The number of pyridine rings is 1. The van der Waals surface area contributed by atoms with Gasteiger partial charge in [0.05, 0.1) is 29.1 Å². The zero-order chi connectivity index (χ0) is 13.9. The van der Waals surface area contributed by atoms with Crippen molar-refractivity contribution < 1.29 is 14.6 Å². The number of ether oxygens (including phenoxy) is 2. The second-order valence-corrected chi connectivity index (χ2v) is 4.74. The molecule has 5 nitrogen and oxygen atoms in total. The fraction of sp³-hybridized carbons (Fsp3) is 0.214. The fourth-order valence-corrected chi connectivity index (χ4v) is 2.13. The lowest BCUT2D eigenvalue weighted by Gasteiger charge is -2.20. The van der Waals surface area contributed by atoms with Gasteiger partial charge in [-0.1, -0.05) is 11.6 Å². The van der Waals surface area contributed by atoms with Crippen LogP contribution in [0, 0.1) is 0 Å². The van der Waals surface area contributed by atoms with Crippen LogP contribution in [0.3, 0.4) is 0 Å². The molecule has 0 saturated heterocycles. The second kappa shape index (κ2) is 5.46. The lowest BCUT2D eigenvalue weighted by atomic mass is 10.2. The molecule has 0 spiro atoms. The van der Waals surface area contributed by atoms with Crippen LogP contribution in [0.5, 0.6) is 17.2 Å². The summed E-state index contributed by atoms with van der Waals surface area (Å²) >= 11 is 6.19. The Hall–Kier alpha value is -2.14. The first-order chi connectivity index (χ1) is 9.72. The van der Waals surface area contributed by atoms with Crippen molar-refractivity contribution in [2.75, 3.05) is 18.5 Å². The van der Waals surface area contributed by atoms with Crippen LogP contribution in [0.2, 0.25) is 5.02 Å². The van der Waals surface area contributed by atoms with Crippen molar-refractivity contribution in [1.29, 1.82) is 0 Å². The smallest absolute Gasteiger partial charge is 0.163 e. The van der Waals surface area contributed by atoms with Gasteiger partial charge in [-0.15, -0.1) is 0 Å². The van der Waals surface area contributed by atoms with Crippen LogP contribution in [-0.2, 0) is 6.54 Å². The first-order valence-corrected chi connectivity index (χ1v) is 6.57. The predicted octanol–water partition coefficient (Wildman–Crippen LogP) is 2.82. The SMILES string of the molecule is Oc1ccc(CNc2cc3c(cc2Cl)OCCO3)nc1. The fourth-order valence-electron chi connectivity index (χ4n) is 1.91. The molecule has 0 amide bonds. The summed E-state index contributed by atoms with van der Waals surface area (Å²) in [6, 6.07) is 6.89. The number of aromatic hydroxyl groups is 1. The molecule has 0 aliphatic carbocycles. The number of hydrogen-bond donors (Lipinski definition) is 2. The van der Waals surface area contributed by atoms with Gasteiger partial charge in [0.1, 0.15) is 19.0 Å². The van der Waals surface area contributed by atoms with E-state index < -0.39 is 0 Å². The molecule has 1 aliphatic rings. The van der Waals surface area contributed by atoms with E-state index in [4.69, 9.17) is 21.1 Å². The summed E-state index contributed by atoms with van der Waals surface area (Å²) in [5, 5.41) is 12.9. The Labute approximate surface area is 121 Å². The Kier molecular flexibility index (Phi) is 3.52. The second-order valence-electron chi connectivity index (χ2n) is 4.34. The van der Waals surface area contributed by atoms with E-state index >= 15 is 0 Å². The average Bonchev–Trinajstić information content (AvgIpc) is 2.47. The maximum Gasteiger partial charge on any atom is 0.163 e. The third kappa shape index (κ3) is 2.72. The van der Waals surface area contributed by atoms with Crippen LogP contribution in [0.4, 0.5) is 5.69 Å². The Morgan fingerprint density at radius 1 is 1.20 bits per heavy atom. The highest BCUT2D eigenvalue weighted by Gasteiger charge is 2.14. The van der Waals surface area contributed by atoms with Gasteiger partial charge in [0.15, 0.2) is 11.5 Å². The third-order valence-electron chi connectivity index (χ3n) is 2.90. The number of anilines is 1. The minimum absolute atomic E-state index is 0.145. The van der Waals surface area contributed by atoms with E-state index in [0.717, 1.165) is 11.4 Å². The van der Waals surface area contributed by atoms with Crippen LogP contribution >= 0.6 is 11.6 Å². The van der Waals surface area contributed by atoms with Crippen LogP contribution in [-0.4, -0.2) is 23.3 Å². The number of aromatic nitrogens is 1. The Morgan fingerprint density at radius 2 is 1.95 bits per heavy atom. The molecule has 1 aromatic heterocycles. The molecule has 1 aliphatic heterocycles. The molecule has 0 fully saturated rings. The number of nitrogens with one attached hydrogen (secondary N) is 1. The zero-order valence-electron chi connectivity index (χ0n) is 10.6. The highest BCUT2D eigenvalue weighted by molar-refractivity contribution is 6.33. The maximum atomic E-state index is 9.18. The van der Waals surface area contributed by atoms with Crippen LogP contribution in [0.1, 0.15) is 5.69 Å². The number of benzene rings is 1. The van der Waals surface area contributed by atoms with E-state index in [0.29, 0.717) is 36.3 Å². The summed E-state index contributed by atoms with van der Waals surface area (Å²) in [5.74, 6) is 1.49. The maximum absolute atomic E-state index is 9.18. The molecule has 104 valence electrons.